The van der Waals surface area contributed by atoms with Crippen molar-refractivity contribution in [3.63, 3.8) is 0 Å². The van der Waals surface area contributed by atoms with Gasteiger partial charge in [0, 0.05) is 23.5 Å². The second kappa shape index (κ2) is 4.08. The number of H-pyrrole nitrogens is 1. The lowest BCUT2D eigenvalue weighted by Crippen LogP contribution is -2.06. The second-order valence-electron chi connectivity index (χ2n) is 4.36. The molecule has 5 nitrogen and oxygen atoms in total. The molecule has 0 radical (unpaired) electrons. The summed E-state index contributed by atoms with van der Waals surface area (Å²) in [5.74, 6) is 0.950. The maximum absolute atomic E-state index is 11.9. The SMILES string of the molecule is Cc1cc(=O)c(-c2onc(N)c2C(C)C)c[nH]1. The van der Waals surface area contributed by atoms with Gasteiger partial charge in [-0.3, -0.25) is 4.79 Å². The van der Waals surface area contributed by atoms with Crippen LogP contribution in [-0.2, 0) is 0 Å². The van der Waals surface area contributed by atoms with Crippen LogP contribution < -0.4 is 11.2 Å². The molecule has 0 spiro atoms. The van der Waals surface area contributed by atoms with Crippen LogP contribution in [-0.4, -0.2) is 10.1 Å². The number of nitrogen functional groups attached to an aromatic ring is 1. The van der Waals surface area contributed by atoms with Gasteiger partial charge in [-0.25, -0.2) is 0 Å². The Kier molecular flexibility index (Phi) is 2.75. The van der Waals surface area contributed by atoms with Crippen molar-refractivity contribution in [3.8, 4) is 11.3 Å². The fourth-order valence-corrected chi connectivity index (χ4v) is 1.81. The van der Waals surface area contributed by atoms with Crippen LogP contribution >= 0.6 is 0 Å². The zero-order chi connectivity index (χ0) is 12.6. The Morgan fingerprint density at radius 1 is 1.47 bits per heavy atom. The molecule has 0 saturated heterocycles. The van der Waals surface area contributed by atoms with E-state index >= 15 is 0 Å². The maximum atomic E-state index is 11.9. The lowest BCUT2D eigenvalue weighted by Gasteiger charge is -2.05. The van der Waals surface area contributed by atoms with Gasteiger partial charge in [-0.1, -0.05) is 19.0 Å². The third-order valence-corrected chi connectivity index (χ3v) is 2.64. The highest BCUT2D eigenvalue weighted by Crippen LogP contribution is 2.31. The number of aryl methyl sites for hydroxylation is 1. The van der Waals surface area contributed by atoms with Crippen molar-refractivity contribution in [3.05, 3.63) is 33.7 Å². The van der Waals surface area contributed by atoms with Crippen LogP contribution in [0.1, 0.15) is 31.0 Å². The molecule has 0 saturated carbocycles. The molecule has 0 fully saturated rings. The molecular weight excluding hydrogens is 218 g/mol. The van der Waals surface area contributed by atoms with Gasteiger partial charge in [0.25, 0.3) is 0 Å². The minimum atomic E-state index is -0.0979. The fourth-order valence-electron chi connectivity index (χ4n) is 1.81. The molecule has 0 amide bonds. The summed E-state index contributed by atoms with van der Waals surface area (Å²) in [5.41, 5.74) is 7.69. The molecule has 90 valence electrons. The fraction of sp³-hybridized carbons (Fsp3) is 0.333. The van der Waals surface area contributed by atoms with Gasteiger partial charge in [-0.05, 0) is 12.8 Å². The normalized spacial score (nSPS) is 11.1. The van der Waals surface area contributed by atoms with Crippen molar-refractivity contribution in [2.24, 2.45) is 0 Å². The van der Waals surface area contributed by atoms with E-state index in [9.17, 15) is 4.79 Å². The van der Waals surface area contributed by atoms with E-state index in [0.29, 0.717) is 17.1 Å². The van der Waals surface area contributed by atoms with Gasteiger partial charge in [0.1, 0.15) is 0 Å². The number of nitrogens with two attached hydrogens (primary N) is 1. The predicted octanol–water partition coefficient (Wildman–Crippen LogP) is 2.04. The third-order valence-electron chi connectivity index (χ3n) is 2.64. The maximum Gasteiger partial charge on any atom is 0.192 e. The van der Waals surface area contributed by atoms with Crippen LogP contribution in [0.25, 0.3) is 11.3 Å². The largest absolute Gasteiger partial charge is 0.381 e. The average Bonchev–Trinajstić information content (AvgIpc) is 2.60. The minimum Gasteiger partial charge on any atom is -0.381 e. The Labute approximate surface area is 98.6 Å². The first-order chi connectivity index (χ1) is 8.00. The summed E-state index contributed by atoms with van der Waals surface area (Å²) >= 11 is 0. The first-order valence-electron chi connectivity index (χ1n) is 5.45. The summed E-state index contributed by atoms with van der Waals surface area (Å²) in [7, 11) is 0. The lowest BCUT2D eigenvalue weighted by atomic mass is 10.00. The van der Waals surface area contributed by atoms with Gasteiger partial charge in [0.15, 0.2) is 17.0 Å². The van der Waals surface area contributed by atoms with Crippen LogP contribution in [0.3, 0.4) is 0 Å². The van der Waals surface area contributed by atoms with Crippen molar-refractivity contribution in [1.29, 1.82) is 0 Å². The Morgan fingerprint density at radius 3 is 2.76 bits per heavy atom. The van der Waals surface area contributed by atoms with E-state index in [-0.39, 0.29) is 11.3 Å². The molecule has 3 N–H and O–H groups in total. The minimum absolute atomic E-state index is 0.0979. The highest BCUT2D eigenvalue weighted by atomic mass is 16.5. The summed E-state index contributed by atoms with van der Waals surface area (Å²) in [6, 6.07) is 1.53. The number of hydrogen-bond donors (Lipinski definition) is 2. The number of nitrogens with zero attached hydrogens (tertiary/aromatic N) is 1. The standard InChI is InChI=1S/C12H15N3O2/c1-6(2)10-11(17-15-12(10)13)8-5-14-7(3)4-9(8)16/h4-6H,1-3H3,(H2,13,15)(H,14,16). The Hall–Kier alpha value is -2.04. The van der Waals surface area contributed by atoms with Gasteiger partial charge in [0.2, 0.25) is 0 Å². The van der Waals surface area contributed by atoms with Crippen LogP contribution in [0.4, 0.5) is 5.82 Å². The molecule has 17 heavy (non-hydrogen) atoms. The van der Waals surface area contributed by atoms with E-state index in [1.807, 2.05) is 20.8 Å². The molecule has 0 aliphatic carbocycles. The highest BCUT2D eigenvalue weighted by molar-refractivity contribution is 5.66. The number of nitrogens with one attached hydrogen (secondary N) is 1. The number of pyridine rings is 1. The van der Waals surface area contributed by atoms with Crippen molar-refractivity contribution in [1.82, 2.24) is 10.1 Å². The van der Waals surface area contributed by atoms with Crippen molar-refractivity contribution >= 4 is 5.82 Å². The van der Waals surface area contributed by atoms with E-state index in [1.54, 1.807) is 6.20 Å². The van der Waals surface area contributed by atoms with Gasteiger partial charge < -0.3 is 15.2 Å². The quantitative estimate of drug-likeness (QED) is 0.831. The zero-order valence-electron chi connectivity index (χ0n) is 10.1. The monoisotopic (exact) mass is 233 g/mol. The Morgan fingerprint density at radius 2 is 2.18 bits per heavy atom. The summed E-state index contributed by atoms with van der Waals surface area (Å²) < 4.78 is 5.17. The number of hydrogen-bond acceptors (Lipinski definition) is 4. The lowest BCUT2D eigenvalue weighted by molar-refractivity contribution is 0.434. The third kappa shape index (κ3) is 1.95. The number of rotatable bonds is 2. The van der Waals surface area contributed by atoms with Crippen molar-refractivity contribution < 1.29 is 4.52 Å². The molecule has 0 atom stereocenters. The molecule has 0 aliphatic heterocycles. The molecule has 2 aromatic rings. The molecule has 0 unspecified atom stereocenters. The van der Waals surface area contributed by atoms with Gasteiger partial charge >= 0.3 is 0 Å². The van der Waals surface area contributed by atoms with Crippen LogP contribution in [0.5, 0.6) is 0 Å². The topological polar surface area (TPSA) is 84.9 Å². The summed E-state index contributed by atoms with van der Waals surface area (Å²) in [6.45, 7) is 5.78. The Bertz CT molecular complexity index is 596. The Balaban J connectivity index is 2.65. The zero-order valence-corrected chi connectivity index (χ0v) is 10.1. The molecule has 5 heteroatoms. The average molecular weight is 233 g/mol. The van der Waals surface area contributed by atoms with Gasteiger partial charge in [0.05, 0.1) is 5.56 Å². The summed E-state index contributed by atoms with van der Waals surface area (Å²) in [6.07, 6.45) is 1.63. The highest BCUT2D eigenvalue weighted by Gasteiger charge is 2.20. The molecule has 0 aromatic carbocycles. The molecule has 0 aliphatic rings. The van der Waals surface area contributed by atoms with Crippen molar-refractivity contribution in [2.45, 2.75) is 26.7 Å². The number of aromatic amines is 1. The molecule has 2 rings (SSSR count). The van der Waals surface area contributed by atoms with E-state index in [0.717, 1.165) is 11.3 Å². The molecular formula is C12H15N3O2. The molecule has 2 aromatic heterocycles. The summed E-state index contributed by atoms with van der Waals surface area (Å²) in [4.78, 5) is 14.9. The van der Waals surface area contributed by atoms with Gasteiger partial charge in [-0.2, -0.15) is 0 Å². The second-order valence-corrected chi connectivity index (χ2v) is 4.36. The molecule has 2 heterocycles. The first-order valence-corrected chi connectivity index (χ1v) is 5.45. The van der Waals surface area contributed by atoms with E-state index < -0.39 is 0 Å². The van der Waals surface area contributed by atoms with Crippen LogP contribution in [0.2, 0.25) is 0 Å². The summed E-state index contributed by atoms with van der Waals surface area (Å²) in [5, 5.41) is 3.73. The molecule has 0 bridgehead atoms. The smallest absolute Gasteiger partial charge is 0.192 e. The van der Waals surface area contributed by atoms with E-state index in [2.05, 4.69) is 10.1 Å². The van der Waals surface area contributed by atoms with Crippen LogP contribution in [0.15, 0.2) is 21.6 Å². The first kappa shape index (κ1) is 11.4. The van der Waals surface area contributed by atoms with E-state index in [1.165, 1.54) is 6.07 Å². The van der Waals surface area contributed by atoms with Gasteiger partial charge in [-0.15, -0.1) is 0 Å². The number of aromatic nitrogens is 2. The van der Waals surface area contributed by atoms with E-state index in [4.69, 9.17) is 10.3 Å². The van der Waals surface area contributed by atoms with Crippen LogP contribution in [0, 0.1) is 6.92 Å². The number of anilines is 1. The van der Waals surface area contributed by atoms with Crippen molar-refractivity contribution in [2.75, 3.05) is 5.73 Å². The predicted molar refractivity (Wildman–Crippen MR) is 65.8 cm³/mol.